The number of anilines is 3. The summed E-state index contributed by atoms with van der Waals surface area (Å²) < 4.78 is 27.6. The van der Waals surface area contributed by atoms with E-state index in [9.17, 15) is 8.78 Å². The monoisotopic (exact) mass is 339 g/mol. The van der Waals surface area contributed by atoms with Crippen LogP contribution >= 0.6 is 15.9 Å². The summed E-state index contributed by atoms with van der Waals surface area (Å²) in [5.41, 5.74) is 2.65. The highest BCUT2D eigenvalue weighted by Gasteiger charge is 2.13. The number of halogens is 3. The van der Waals surface area contributed by atoms with Crippen LogP contribution in [0.3, 0.4) is 0 Å². The maximum Gasteiger partial charge on any atom is 0.178 e. The zero-order valence-electron chi connectivity index (χ0n) is 9.92. The number of hydrogen-bond donors (Lipinski definition) is 3. The van der Waals surface area contributed by atoms with Gasteiger partial charge in [0.05, 0.1) is 11.3 Å². The van der Waals surface area contributed by atoms with Crippen molar-refractivity contribution in [3.8, 4) is 6.07 Å². The predicted octanol–water partition coefficient (Wildman–Crippen LogP) is 3.02. The van der Waals surface area contributed by atoms with Crippen LogP contribution in [0.15, 0.2) is 28.7 Å². The summed E-state index contributed by atoms with van der Waals surface area (Å²) in [6.45, 7) is 0. The standard InChI is InChI=1S/C12H8BrF2N5/c13-7-1-2-10(6(3-7)5-16)18-11-8(14)4-9(15)12(19-11)20-17/h1-4H,17H2,(H2,18,19,20). The van der Waals surface area contributed by atoms with Crippen molar-refractivity contribution in [1.82, 2.24) is 4.98 Å². The van der Waals surface area contributed by atoms with Gasteiger partial charge in [-0.3, -0.25) is 0 Å². The lowest BCUT2D eigenvalue weighted by Gasteiger charge is -2.10. The van der Waals surface area contributed by atoms with E-state index >= 15 is 0 Å². The van der Waals surface area contributed by atoms with E-state index in [0.29, 0.717) is 16.2 Å². The first-order chi connectivity index (χ1) is 9.55. The second-order valence-electron chi connectivity index (χ2n) is 3.72. The minimum absolute atomic E-state index is 0.238. The van der Waals surface area contributed by atoms with Crippen molar-refractivity contribution >= 4 is 33.3 Å². The van der Waals surface area contributed by atoms with Crippen molar-refractivity contribution in [2.75, 3.05) is 10.7 Å². The lowest BCUT2D eigenvalue weighted by Crippen LogP contribution is -2.12. The van der Waals surface area contributed by atoms with Gasteiger partial charge in [-0.05, 0) is 18.2 Å². The van der Waals surface area contributed by atoms with Crippen LogP contribution in [0.1, 0.15) is 5.56 Å². The average molecular weight is 340 g/mol. The number of pyridine rings is 1. The molecule has 0 fully saturated rings. The smallest absolute Gasteiger partial charge is 0.178 e. The fourth-order valence-electron chi connectivity index (χ4n) is 1.50. The number of aromatic nitrogens is 1. The zero-order valence-corrected chi connectivity index (χ0v) is 11.5. The van der Waals surface area contributed by atoms with Gasteiger partial charge >= 0.3 is 0 Å². The molecule has 0 spiro atoms. The quantitative estimate of drug-likeness (QED) is 0.591. The van der Waals surface area contributed by atoms with Crippen LogP contribution in [0.2, 0.25) is 0 Å². The van der Waals surface area contributed by atoms with Gasteiger partial charge in [0.2, 0.25) is 0 Å². The fraction of sp³-hybridized carbons (Fsp3) is 0. The summed E-state index contributed by atoms with van der Waals surface area (Å²) in [4.78, 5) is 3.67. The zero-order chi connectivity index (χ0) is 14.7. The molecule has 0 aliphatic rings. The molecule has 0 amide bonds. The van der Waals surface area contributed by atoms with Crippen LogP contribution < -0.4 is 16.6 Å². The van der Waals surface area contributed by atoms with Crippen LogP contribution in [-0.2, 0) is 0 Å². The van der Waals surface area contributed by atoms with Crippen LogP contribution in [0, 0.1) is 23.0 Å². The topological polar surface area (TPSA) is 86.8 Å². The third kappa shape index (κ3) is 2.84. The highest BCUT2D eigenvalue weighted by molar-refractivity contribution is 9.10. The van der Waals surface area contributed by atoms with Crippen LogP contribution in [0.5, 0.6) is 0 Å². The molecule has 1 aromatic heterocycles. The van der Waals surface area contributed by atoms with E-state index in [1.54, 1.807) is 18.2 Å². The summed E-state index contributed by atoms with van der Waals surface area (Å²) in [6, 6.07) is 7.41. The second kappa shape index (κ2) is 5.81. The highest BCUT2D eigenvalue weighted by atomic mass is 79.9. The molecule has 4 N–H and O–H groups in total. The molecule has 102 valence electrons. The number of nitrogen functional groups attached to an aromatic ring is 1. The molecular weight excluding hydrogens is 332 g/mol. The minimum Gasteiger partial charge on any atom is -0.337 e. The maximum absolute atomic E-state index is 13.6. The van der Waals surface area contributed by atoms with E-state index < -0.39 is 11.6 Å². The number of hydrazine groups is 1. The van der Waals surface area contributed by atoms with Gasteiger partial charge < -0.3 is 10.7 Å². The van der Waals surface area contributed by atoms with Gasteiger partial charge in [-0.2, -0.15) is 5.26 Å². The van der Waals surface area contributed by atoms with Crippen molar-refractivity contribution < 1.29 is 8.78 Å². The summed E-state index contributed by atoms with van der Waals surface area (Å²) in [5.74, 6) is 2.73. The van der Waals surface area contributed by atoms with Crippen molar-refractivity contribution in [3.63, 3.8) is 0 Å². The number of nitrogens with zero attached hydrogens (tertiary/aromatic N) is 2. The summed E-state index contributed by atoms with van der Waals surface area (Å²) >= 11 is 3.22. The summed E-state index contributed by atoms with van der Waals surface area (Å²) in [5, 5.41) is 11.6. The van der Waals surface area contributed by atoms with Crippen molar-refractivity contribution in [2.45, 2.75) is 0 Å². The van der Waals surface area contributed by atoms with E-state index in [1.165, 1.54) is 0 Å². The number of nitriles is 1. The Morgan fingerprint density at radius 3 is 2.55 bits per heavy atom. The molecule has 20 heavy (non-hydrogen) atoms. The van der Waals surface area contributed by atoms with Crippen LogP contribution in [0.25, 0.3) is 0 Å². The van der Waals surface area contributed by atoms with E-state index in [2.05, 4.69) is 26.2 Å². The third-order valence-corrected chi connectivity index (χ3v) is 2.91. The summed E-state index contributed by atoms with van der Waals surface area (Å²) in [7, 11) is 0. The van der Waals surface area contributed by atoms with Crippen molar-refractivity contribution in [2.24, 2.45) is 5.84 Å². The molecule has 8 heteroatoms. The molecule has 0 saturated heterocycles. The molecule has 0 atom stereocenters. The Balaban J connectivity index is 2.43. The highest BCUT2D eigenvalue weighted by Crippen LogP contribution is 2.26. The lowest BCUT2D eigenvalue weighted by molar-refractivity contribution is 0.579. The average Bonchev–Trinajstić information content (AvgIpc) is 2.43. The number of benzene rings is 1. The normalized spacial score (nSPS) is 9.95. The number of rotatable bonds is 3. The van der Waals surface area contributed by atoms with Gasteiger partial charge in [-0.15, -0.1) is 0 Å². The van der Waals surface area contributed by atoms with Gasteiger partial charge in [-0.25, -0.2) is 19.6 Å². The van der Waals surface area contributed by atoms with E-state index in [4.69, 9.17) is 11.1 Å². The lowest BCUT2D eigenvalue weighted by atomic mass is 10.2. The largest absolute Gasteiger partial charge is 0.337 e. The molecule has 0 bridgehead atoms. The minimum atomic E-state index is -0.910. The van der Waals surface area contributed by atoms with E-state index in [1.807, 2.05) is 11.5 Å². The van der Waals surface area contributed by atoms with E-state index in [0.717, 1.165) is 0 Å². The van der Waals surface area contributed by atoms with Gasteiger partial charge in [0.1, 0.15) is 6.07 Å². The first-order valence-electron chi connectivity index (χ1n) is 5.34. The Kier molecular flexibility index (Phi) is 4.12. The molecule has 0 aliphatic carbocycles. The molecular formula is C12H8BrF2N5. The number of nitrogens with two attached hydrogens (primary N) is 1. The first kappa shape index (κ1) is 14.2. The molecule has 1 heterocycles. The number of hydrogen-bond acceptors (Lipinski definition) is 5. The Bertz CT molecular complexity index is 699. The first-order valence-corrected chi connectivity index (χ1v) is 6.13. The second-order valence-corrected chi connectivity index (χ2v) is 4.64. The molecule has 0 saturated carbocycles. The van der Waals surface area contributed by atoms with Crippen molar-refractivity contribution in [1.29, 1.82) is 5.26 Å². The number of nitrogens with one attached hydrogen (secondary N) is 2. The maximum atomic E-state index is 13.6. The summed E-state index contributed by atoms with van der Waals surface area (Å²) in [6.07, 6.45) is 0. The molecule has 0 aliphatic heterocycles. The Morgan fingerprint density at radius 1 is 1.20 bits per heavy atom. The van der Waals surface area contributed by atoms with Gasteiger partial charge in [0.15, 0.2) is 23.3 Å². The Morgan fingerprint density at radius 2 is 1.90 bits per heavy atom. The SMILES string of the molecule is N#Cc1cc(Br)ccc1Nc1nc(NN)c(F)cc1F. The third-order valence-electron chi connectivity index (χ3n) is 2.42. The molecule has 0 radical (unpaired) electrons. The van der Waals surface area contributed by atoms with Gasteiger partial charge in [0.25, 0.3) is 0 Å². The molecule has 2 aromatic rings. The van der Waals surface area contributed by atoms with Gasteiger partial charge in [-0.1, -0.05) is 15.9 Å². The fourth-order valence-corrected chi connectivity index (χ4v) is 1.86. The molecule has 1 aromatic carbocycles. The molecule has 2 rings (SSSR count). The van der Waals surface area contributed by atoms with Crippen LogP contribution in [0.4, 0.5) is 26.1 Å². The molecule has 5 nitrogen and oxygen atoms in total. The van der Waals surface area contributed by atoms with Gasteiger partial charge in [0, 0.05) is 10.5 Å². The van der Waals surface area contributed by atoms with Crippen LogP contribution in [-0.4, -0.2) is 4.98 Å². The van der Waals surface area contributed by atoms with E-state index in [-0.39, 0.29) is 17.2 Å². The van der Waals surface area contributed by atoms with Crippen molar-refractivity contribution in [3.05, 3.63) is 45.9 Å². The Hall–Kier alpha value is -2.24. The molecule has 0 unspecified atom stereocenters. The Labute approximate surface area is 121 Å². The predicted molar refractivity (Wildman–Crippen MR) is 74.1 cm³/mol.